The smallest absolute Gasteiger partial charge is 0.321 e. The van der Waals surface area contributed by atoms with Gasteiger partial charge < -0.3 is 15.7 Å². The van der Waals surface area contributed by atoms with Gasteiger partial charge in [0.05, 0.1) is 12.3 Å². The molecule has 0 bridgehead atoms. The predicted molar refractivity (Wildman–Crippen MR) is 87.1 cm³/mol. The molecule has 0 aliphatic heterocycles. The SMILES string of the molecule is Cc1nc(NC(=O)N[C@@H](CC(C)C)C(=O)NCCO)sc1C. The van der Waals surface area contributed by atoms with E-state index in [-0.39, 0.29) is 25.0 Å². The fraction of sp³-hybridized carbons (Fsp3) is 0.643. The van der Waals surface area contributed by atoms with E-state index in [1.54, 1.807) is 0 Å². The van der Waals surface area contributed by atoms with Gasteiger partial charge in [-0.15, -0.1) is 11.3 Å². The van der Waals surface area contributed by atoms with Crippen molar-refractivity contribution in [1.29, 1.82) is 0 Å². The van der Waals surface area contributed by atoms with Gasteiger partial charge in [0, 0.05) is 11.4 Å². The number of hydrogen-bond acceptors (Lipinski definition) is 5. The Hall–Kier alpha value is -1.67. The standard InChI is InChI=1S/C14H24N4O3S/c1-8(2)7-11(12(20)15-5-6-19)17-13(21)18-14-16-9(3)10(4)22-14/h8,11,19H,5-7H2,1-4H3,(H,15,20)(H2,16,17,18,21)/t11-/m0/s1. The Kier molecular flexibility index (Phi) is 7.26. The second kappa shape index (κ2) is 8.70. The van der Waals surface area contributed by atoms with Gasteiger partial charge in [-0.2, -0.15) is 0 Å². The molecule has 0 aliphatic rings. The third-order valence-electron chi connectivity index (χ3n) is 2.99. The molecular formula is C14H24N4O3S. The van der Waals surface area contributed by atoms with Crippen LogP contribution in [0.1, 0.15) is 30.8 Å². The first-order chi connectivity index (χ1) is 10.3. The number of aliphatic hydroxyl groups is 1. The van der Waals surface area contributed by atoms with Gasteiger partial charge >= 0.3 is 6.03 Å². The molecule has 1 atom stereocenters. The number of nitrogens with zero attached hydrogens (tertiary/aromatic N) is 1. The van der Waals surface area contributed by atoms with Crippen LogP contribution in [0.2, 0.25) is 0 Å². The van der Waals surface area contributed by atoms with E-state index < -0.39 is 12.1 Å². The van der Waals surface area contributed by atoms with Gasteiger partial charge in [0.1, 0.15) is 6.04 Å². The zero-order chi connectivity index (χ0) is 16.7. The second-order valence-corrected chi connectivity index (χ2v) is 6.66. The maximum Gasteiger partial charge on any atom is 0.321 e. The first kappa shape index (κ1) is 18.4. The number of hydrogen-bond donors (Lipinski definition) is 4. The van der Waals surface area contributed by atoms with E-state index in [0.29, 0.717) is 11.6 Å². The maximum atomic E-state index is 12.0. The molecule has 1 aromatic heterocycles. The summed E-state index contributed by atoms with van der Waals surface area (Å²) in [7, 11) is 0. The van der Waals surface area contributed by atoms with Gasteiger partial charge in [-0.05, 0) is 26.2 Å². The van der Waals surface area contributed by atoms with Crippen molar-refractivity contribution in [2.24, 2.45) is 5.92 Å². The van der Waals surface area contributed by atoms with Crippen LogP contribution in [0, 0.1) is 19.8 Å². The topological polar surface area (TPSA) is 103 Å². The summed E-state index contributed by atoms with van der Waals surface area (Å²) in [6.07, 6.45) is 0.514. The van der Waals surface area contributed by atoms with Crippen molar-refractivity contribution >= 4 is 28.4 Å². The highest BCUT2D eigenvalue weighted by molar-refractivity contribution is 7.15. The molecule has 3 amide bonds. The number of carbonyl (C=O) groups is 2. The number of aromatic nitrogens is 1. The molecule has 1 rings (SSSR count). The summed E-state index contributed by atoms with van der Waals surface area (Å²) in [4.78, 5) is 29.3. The second-order valence-electron chi connectivity index (χ2n) is 5.46. The first-order valence-corrected chi connectivity index (χ1v) is 8.05. The Morgan fingerprint density at radius 3 is 2.50 bits per heavy atom. The van der Waals surface area contributed by atoms with Crippen LogP contribution in [0.5, 0.6) is 0 Å². The first-order valence-electron chi connectivity index (χ1n) is 7.23. The Labute approximate surface area is 134 Å². The Bertz CT molecular complexity index is 497. The van der Waals surface area contributed by atoms with Gasteiger partial charge in [-0.1, -0.05) is 13.8 Å². The molecule has 0 radical (unpaired) electrons. The summed E-state index contributed by atoms with van der Waals surface area (Å²) in [5, 5.41) is 17.1. The number of anilines is 1. The zero-order valence-corrected chi connectivity index (χ0v) is 14.2. The highest BCUT2D eigenvalue weighted by Gasteiger charge is 2.22. The van der Waals surface area contributed by atoms with E-state index in [4.69, 9.17) is 5.11 Å². The van der Waals surface area contributed by atoms with E-state index in [1.807, 2.05) is 27.7 Å². The average molecular weight is 328 g/mol. The van der Waals surface area contributed by atoms with Crippen molar-refractivity contribution in [2.75, 3.05) is 18.5 Å². The molecule has 7 nitrogen and oxygen atoms in total. The molecule has 4 N–H and O–H groups in total. The number of nitrogens with one attached hydrogen (secondary N) is 3. The fourth-order valence-corrected chi connectivity index (χ4v) is 2.63. The lowest BCUT2D eigenvalue weighted by Crippen LogP contribution is -2.49. The van der Waals surface area contributed by atoms with Gasteiger partial charge in [0.25, 0.3) is 0 Å². The highest BCUT2D eigenvalue weighted by Crippen LogP contribution is 2.20. The van der Waals surface area contributed by atoms with Crippen LogP contribution in [0.15, 0.2) is 0 Å². The van der Waals surface area contributed by atoms with E-state index in [0.717, 1.165) is 10.6 Å². The normalized spacial score (nSPS) is 12.1. The predicted octanol–water partition coefficient (Wildman–Crippen LogP) is 1.40. The van der Waals surface area contributed by atoms with Crippen molar-refractivity contribution in [3.8, 4) is 0 Å². The molecule has 22 heavy (non-hydrogen) atoms. The number of urea groups is 1. The molecule has 0 aromatic carbocycles. The molecular weight excluding hydrogens is 304 g/mol. The lowest BCUT2D eigenvalue weighted by atomic mass is 10.0. The third-order valence-corrected chi connectivity index (χ3v) is 3.98. The lowest BCUT2D eigenvalue weighted by molar-refractivity contribution is -0.123. The van der Waals surface area contributed by atoms with Crippen molar-refractivity contribution in [2.45, 2.75) is 40.2 Å². The zero-order valence-electron chi connectivity index (χ0n) is 13.4. The minimum Gasteiger partial charge on any atom is -0.395 e. The third kappa shape index (κ3) is 5.98. The maximum absolute atomic E-state index is 12.0. The number of rotatable bonds is 7. The summed E-state index contributed by atoms with van der Waals surface area (Å²) >= 11 is 1.39. The number of aryl methyl sites for hydroxylation is 2. The number of aliphatic hydroxyl groups excluding tert-OH is 1. The number of carbonyl (C=O) groups excluding carboxylic acids is 2. The molecule has 8 heteroatoms. The van der Waals surface area contributed by atoms with Crippen molar-refractivity contribution in [1.82, 2.24) is 15.6 Å². The summed E-state index contributed by atoms with van der Waals surface area (Å²) in [5.41, 5.74) is 0.875. The largest absolute Gasteiger partial charge is 0.395 e. The minimum absolute atomic E-state index is 0.135. The number of thiazole rings is 1. The summed E-state index contributed by atoms with van der Waals surface area (Å²) < 4.78 is 0. The monoisotopic (exact) mass is 328 g/mol. The van der Waals surface area contributed by atoms with Crippen LogP contribution < -0.4 is 16.0 Å². The van der Waals surface area contributed by atoms with E-state index >= 15 is 0 Å². The van der Waals surface area contributed by atoms with Gasteiger partial charge in [0.2, 0.25) is 5.91 Å². The summed E-state index contributed by atoms with van der Waals surface area (Å²) in [5.74, 6) is -0.0565. The summed E-state index contributed by atoms with van der Waals surface area (Å²) in [6, 6.07) is -1.10. The van der Waals surface area contributed by atoms with Crippen LogP contribution in [-0.2, 0) is 4.79 Å². The molecule has 0 saturated heterocycles. The van der Waals surface area contributed by atoms with Gasteiger partial charge in [-0.3, -0.25) is 10.1 Å². The molecule has 1 heterocycles. The molecule has 0 aliphatic carbocycles. The molecule has 0 fully saturated rings. The Morgan fingerprint density at radius 2 is 2.00 bits per heavy atom. The number of amides is 3. The average Bonchev–Trinajstić information content (AvgIpc) is 2.73. The van der Waals surface area contributed by atoms with Gasteiger partial charge in [-0.25, -0.2) is 9.78 Å². The fourth-order valence-electron chi connectivity index (χ4n) is 1.82. The molecule has 1 aromatic rings. The molecule has 0 saturated carbocycles. The lowest BCUT2D eigenvalue weighted by Gasteiger charge is -2.19. The van der Waals surface area contributed by atoms with Crippen LogP contribution >= 0.6 is 11.3 Å². The van der Waals surface area contributed by atoms with E-state index in [1.165, 1.54) is 11.3 Å². The van der Waals surface area contributed by atoms with Crippen molar-refractivity contribution in [3.05, 3.63) is 10.6 Å². The van der Waals surface area contributed by atoms with Gasteiger partial charge in [0.15, 0.2) is 5.13 Å². The molecule has 0 spiro atoms. The van der Waals surface area contributed by atoms with Crippen LogP contribution in [-0.4, -0.2) is 41.2 Å². The molecule has 124 valence electrons. The van der Waals surface area contributed by atoms with Crippen LogP contribution in [0.4, 0.5) is 9.93 Å². The van der Waals surface area contributed by atoms with Crippen molar-refractivity contribution < 1.29 is 14.7 Å². The highest BCUT2D eigenvalue weighted by atomic mass is 32.1. The van der Waals surface area contributed by atoms with E-state index in [9.17, 15) is 9.59 Å². The van der Waals surface area contributed by atoms with E-state index in [2.05, 4.69) is 20.9 Å². The quantitative estimate of drug-likeness (QED) is 0.607. The van der Waals surface area contributed by atoms with Crippen LogP contribution in [0.25, 0.3) is 0 Å². The van der Waals surface area contributed by atoms with Crippen LogP contribution in [0.3, 0.4) is 0 Å². The minimum atomic E-state index is -0.645. The molecule has 0 unspecified atom stereocenters. The summed E-state index contributed by atoms with van der Waals surface area (Å²) in [6.45, 7) is 7.78. The Balaban J connectivity index is 2.63. The Morgan fingerprint density at radius 1 is 1.32 bits per heavy atom. The van der Waals surface area contributed by atoms with Crippen molar-refractivity contribution in [3.63, 3.8) is 0 Å².